The Kier molecular flexibility index (Phi) is 4.33. The van der Waals surface area contributed by atoms with E-state index in [2.05, 4.69) is 0 Å². The molecule has 108 valence electrons. The SMILES string of the molecule is Cc1ccc(C(=O)N2CCC[C@@H](C(=O)O)[C@H]2C)c(Cl)c1. The van der Waals surface area contributed by atoms with Gasteiger partial charge in [0, 0.05) is 12.6 Å². The van der Waals surface area contributed by atoms with Crippen molar-refractivity contribution in [3.05, 3.63) is 34.3 Å². The second-order valence-electron chi connectivity index (χ2n) is 5.31. The summed E-state index contributed by atoms with van der Waals surface area (Å²) in [7, 11) is 0. The maximum atomic E-state index is 12.6. The summed E-state index contributed by atoms with van der Waals surface area (Å²) in [5.41, 5.74) is 1.43. The third-order valence-corrected chi connectivity index (χ3v) is 4.23. The fourth-order valence-electron chi connectivity index (χ4n) is 2.71. The second kappa shape index (κ2) is 5.83. The van der Waals surface area contributed by atoms with Gasteiger partial charge in [0.25, 0.3) is 5.91 Å². The van der Waals surface area contributed by atoms with E-state index in [9.17, 15) is 14.7 Å². The lowest BCUT2D eigenvalue weighted by Gasteiger charge is -2.37. The Hall–Kier alpha value is -1.55. The van der Waals surface area contributed by atoms with Crippen LogP contribution in [0.4, 0.5) is 0 Å². The first-order valence-electron chi connectivity index (χ1n) is 6.71. The van der Waals surface area contributed by atoms with Gasteiger partial charge >= 0.3 is 5.97 Å². The molecule has 0 unspecified atom stereocenters. The third-order valence-electron chi connectivity index (χ3n) is 3.92. The summed E-state index contributed by atoms with van der Waals surface area (Å²) in [5, 5.41) is 9.62. The maximum Gasteiger partial charge on any atom is 0.308 e. The van der Waals surface area contributed by atoms with Crippen molar-refractivity contribution < 1.29 is 14.7 Å². The summed E-state index contributed by atoms with van der Waals surface area (Å²) >= 11 is 6.13. The molecule has 0 spiro atoms. The van der Waals surface area contributed by atoms with Crippen molar-refractivity contribution in [3.63, 3.8) is 0 Å². The van der Waals surface area contributed by atoms with Gasteiger partial charge in [-0.25, -0.2) is 0 Å². The zero-order valence-corrected chi connectivity index (χ0v) is 12.4. The molecule has 1 aromatic carbocycles. The number of hydrogen-bond acceptors (Lipinski definition) is 2. The number of likely N-dealkylation sites (tertiary alicyclic amines) is 1. The molecular formula is C15H18ClNO3. The van der Waals surface area contributed by atoms with E-state index in [1.54, 1.807) is 24.0 Å². The van der Waals surface area contributed by atoms with Crippen LogP contribution in [0.5, 0.6) is 0 Å². The molecule has 0 saturated carbocycles. The van der Waals surface area contributed by atoms with Crippen LogP contribution in [0.3, 0.4) is 0 Å². The minimum absolute atomic E-state index is 0.187. The monoisotopic (exact) mass is 295 g/mol. The number of amides is 1. The van der Waals surface area contributed by atoms with E-state index < -0.39 is 11.9 Å². The number of carboxylic acids is 1. The van der Waals surface area contributed by atoms with E-state index in [4.69, 9.17) is 11.6 Å². The highest BCUT2D eigenvalue weighted by atomic mass is 35.5. The number of aliphatic carboxylic acids is 1. The van der Waals surface area contributed by atoms with E-state index in [1.165, 1.54) is 0 Å². The molecule has 1 fully saturated rings. The second-order valence-corrected chi connectivity index (χ2v) is 5.72. The van der Waals surface area contributed by atoms with Crippen molar-refractivity contribution in [2.75, 3.05) is 6.54 Å². The van der Waals surface area contributed by atoms with Gasteiger partial charge in [0.15, 0.2) is 0 Å². The number of hydrogen-bond donors (Lipinski definition) is 1. The summed E-state index contributed by atoms with van der Waals surface area (Å²) in [5.74, 6) is -1.53. The van der Waals surface area contributed by atoms with Crippen molar-refractivity contribution in [2.45, 2.75) is 32.7 Å². The van der Waals surface area contributed by atoms with E-state index in [1.807, 2.05) is 13.0 Å². The molecule has 1 heterocycles. The molecule has 0 aliphatic carbocycles. The highest BCUT2D eigenvalue weighted by Crippen LogP contribution is 2.27. The van der Waals surface area contributed by atoms with Gasteiger partial charge in [0.2, 0.25) is 0 Å². The number of halogens is 1. The molecule has 20 heavy (non-hydrogen) atoms. The number of nitrogens with zero attached hydrogens (tertiary/aromatic N) is 1. The molecule has 0 bridgehead atoms. The number of rotatable bonds is 2. The first kappa shape index (κ1) is 14.9. The Morgan fingerprint density at radius 1 is 1.40 bits per heavy atom. The highest BCUT2D eigenvalue weighted by molar-refractivity contribution is 6.33. The molecule has 1 aromatic rings. The molecule has 1 N–H and O–H groups in total. The van der Waals surface area contributed by atoms with Crippen molar-refractivity contribution in [3.8, 4) is 0 Å². The van der Waals surface area contributed by atoms with Crippen LogP contribution in [-0.4, -0.2) is 34.5 Å². The molecule has 1 aliphatic rings. The minimum Gasteiger partial charge on any atom is -0.481 e. The molecule has 5 heteroatoms. The number of carboxylic acid groups (broad SMARTS) is 1. The highest BCUT2D eigenvalue weighted by Gasteiger charge is 2.36. The van der Waals surface area contributed by atoms with Crippen molar-refractivity contribution in [1.82, 2.24) is 4.90 Å². The van der Waals surface area contributed by atoms with Gasteiger partial charge in [-0.3, -0.25) is 9.59 Å². The Bertz CT molecular complexity index is 544. The molecule has 1 aliphatic heterocycles. The normalized spacial score (nSPS) is 22.6. The quantitative estimate of drug-likeness (QED) is 0.912. The number of carbonyl (C=O) groups excluding carboxylic acids is 1. The van der Waals surface area contributed by atoms with Crippen molar-refractivity contribution >= 4 is 23.5 Å². The van der Waals surface area contributed by atoms with Crippen LogP contribution in [-0.2, 0) is 4.79 Å². The Labute approximate surface area is 123 Å². The molecule has 1 saturated heterocycles. The topological polar surface area (TPSA) is 57.6 Å². The zero-order valence-electron chi connectivity index (χ0n) is 11.6. The summed E-state index contributed by atoms with van der Waals surface area (Å²) in [6, 6.07) is 4.98. The molecule has 2 atom stereocenters. The van der Waals surface area contributed by atoms with Crippen LogP contribution in [0.25, 0.3) is 0 Å². The van der Waals surface area contributed by atoms with Crippen LogP contribution >= 0.6 is 11.6 Å². The number of carbonyl (C=O) groups is 2. The minimum atomic E-state index is -0.843. The van der Waals surface area contributed by atoms with Gasteiger partial charge in [0.05, 0.1) is 16.5 Å². The van der Waals surface area contributed by atoms with E-state index >= 15 is 0 Å². The van der Waals surface area contributed by atoms with Gasteiger partial charge in [-0.1, -0.05) is 17.7 Å². The Balaban J connectivity index is 2.26. The lowest BCUT2D eigenvalue weighted by molar-refractivity contribution is -0.144. The number of benzene rings is 1. The van der Waals surface area contributed by atoms with Gasteiger partial charge in [-0.15, -0.1) is 0 Å². The average Bonchev–Trinajstić information content (AvgIpc) is 2.38. The number of aryl methyl sites for hydroxylation is 1. The van der Waals surface area contributed by atoms with Crippen molar-refractivity contribution in [1.29, 1.82) is 0 Å². The molecule has 4 nitrogen and oxygen atoms in total. The molecule has 2 rings (SSSR count). The van der Waals surface area contributed by atoms with Crippen LogP contribution in [0, 0.1) is 12.8 Å². The van der Waals surface area contributed by atoms with Crippen LogP contribution in [0.2, 0.25) is 5.02 Å². The van der Waals surface area contributed by atoms with E-state index in [-0.39, 0.29) is 11.9 Å². The summed E-state index contributed by atoms with van der Waals surface area (Å²) in [4.78, 5) is 25.4. The third kappa shape index (κ3) is 2.80. The fraction of sp³-hybridized carbons (Fsp3) is 0.467. The predicted molar refractivity (Wildman–Crippen MR) is 77.0 cm³/mol. The fourth-order valence-corrected chi connectivity index (χ4v) is 3.02. The van der Waals surface area contributed by atoms with E-state index in [0.717, 1.165) is 5.56 Å². The largest absolute Gasteiger partial charge is 0.481 e. The van der Waals surface area contributed by atoms with Crippen molar-refractivity contribution in [2.24, 2.45) is 5.92 Å². The molecule has 0 radical (unpaired) electrons. The molecule has 1 amide bonds. The van der Waals surface area contributed by atoms with Gasteiger partial charge in [0.1, 0.15) is 0 Å². The summed E-state index contributed by atoms with van der Waals surface area (Å²) in [6.45, 7) is 4.27. The zero-order chi connectivity index (χ0) is 14.9. The van der Waals surface area contributed by atoms with Gasteiger partial charge in [-0.2, -0.15) is 0 Å². The lowest BCUT2D eigenvalue weighted by atomic mass is 9.90. The standard InChI is InChI=1S/C15H18ClNO3/c1-9-5-6-12(13(16)8-9)14(18)17-7-3-4-11(10(17)2)15(19)20/h5-6,8,10-11H,3-4,7H2,1-2H3,(H,19,20)/t10-,11-/m1/s1. The summed E-state index contributed by atoms with van der Waals surface area (Å²) in [6.07, 6.45) is 1.32. The van der Waals surface area contributed by atoms with Crippen LogP contribution in [0.1, 0.15) is 35.7 Å². The first-order valence-corrected chi connectivity index (χ1v) is 7.09. The lowest BCUT2D eigenvalue weighted by Crippen LogP contribution is -2.49. The summed E-state index contributed by atoms with van der Waals surface area (Å²) < 4.78 is 0. The van der Waals surface area contributed by atoms with Gasteiger partial charge in [-0.05, 0) is 44.4 Å². The van der Waals surface area contributed by atoms with E-state index in [0.29, 0.717) is 30.0 Å². The van der Waals surface area contributed by atoms with Crippen LogP contribution < -0.4 is 0 Å². The average molecular weight is 296 g/mol. The Morgan fingerprint density at radius 2 is 2.10 bits per heavy atom. The predicted octanol–water partition coefficient (Wildman–Crippen LogP) is 2.97. The Morgan fingerprint density at radius 3 is 2.70 bits per heavy atom. The molecular weight excluding hydrogens is 278 g/mol. The van der Waals surface area contributed by atoms with Gasteiger partial charge < -0.3 is 10.0 Å². The number of piperidine rings is 1. The van der Waals surface area contributed by atoms with Crippen LogP contribution in [0.15, 0.2) is 18.2 Å². The first-order chi connectivity index (χ1) is 9.41. The maximum absolute atomic E-state index is 12.6. The smallest absolute Gasteiger partial charge is 0.308 e. The molecule has 0 aromatic heterocycles.